The van der Waals surface area contributed by atoms with Crippen LogP contribution in [0, 0.1) is 6.92 Å². The fourth-order valence-corrected chi connectivity index (χ4v) is 1.85. The van der Waals surface area contributed by atoms with E-state index in [0.29, 0.717) is 23.7 Å². The number of H-pyrrole nitrogens is 1. The minimum Gasteiger partial charge on any atom is -0.396 e. The molecule has 2 heterocycles. The molecule has 0 fully saturated rings. The van der Waals surface area contributed by atoms with Gasteiger partial charge in [0.25, 0.3) is 0 Å². The Hall–Kier alpha value is -1.89. The molecule has 0 aliphatic carbocycles. The van der Waals surface area contributed by atoms with Crippen molar-refractivity contribution >= 4 is 11.5 Å². The minimum absolute atomic E-state index is 0.100. The van der Waals surface area contributed by atoms with Crippen molar-refractivity contribution in [1.82, 2.24) is 19.6 Å². The van der Waals surface area contributed by atoms with E-state index >= 15 is 0 Å². The third-order valence-corrected chi connectivity index (χ3v) is 2.77. The number of hydrogen-bond acceptors (Lipinski definition) is 5. The number of anilines is 1. The van der Waals surface area contributed by atoms with Gasteiger partial charge in [0.15, 0.2) is 5.65 Å². The van der Waals surface area contributed by atoms with Gasteiger partial charge in [0.05, 0.1) is 0 Å². The molecule has 0 amide bonds. The van der Waals surface area contributed by atoms with Crippen molar-refractivity contribution in [3.8, 4) is 0 Å². The highest BCUT2D eigenvalue weighted by Crippen LogP contribution is 2.17. The first-order valence-corrected chi connectivity index (χ1v) is 5.77. The number of aliphatic hydroxyl groups is 1. The van der Waals surface area contributed by atoms with Gasteiger partial charge in [0, 0.05) is 18.2 Å². The number of hydrogen-bond donors (Lipinski definition) is 3. The highest BCUT2D eigenvalue weighted by Gasteiger charge is 2.18. The van der Waals surface area contributed by atoms with Crippen molar-refractivity contribution in [2.45, 2.75) is 32.7 Å². The summed E-state index contributed by atoms with van der Waals surface area (Å²) in [6.45, 7) is 5.79. The third-order valence-electron chi connectivity index (χ3n) is 2.77. The quantitative estimate of drug-likeness (QED) is 0.726. The van der Waals surface area contributed by atoms with E-state index in [9.17, 15) is 4.79 Å². The highest BCUT2D eigenvalue weighted by molar-refractivity contribution is 5.50. The van der Waals surface area contributed by atoms with E-state index in [-0.39, 0.29) is 17.8 Å². The number of rotatable bonds is 4. The molecule has 7 nitrogen and oxygen atoms in total. The van der Waals surface area contributed by atoms with E-state index in [1.54, 1.807) is 13.0 Å². The highest BCUT2D eigenvalue weighted by atomic mass is 16.3. The summed E-state index contributed by atoms with van der Waals surface area (Å²) >= 11 is 0. The van der Waals surface area contributed by atoms with E-state index in [4.69, 9.17) is 5.11 Å². The van der Waals surface area contributed by atoms with Crippen molar-refractivity contribution in [2.24, 2.45) is 0 Å². The lowest BCUT2D eigenvalue weighted by Gasteiger charge is -2.26. The van der Waals surface area contributed by atoms with Gasteiger partial charge < -0.3 is 10.4 Å². The second-order valence-electron chi connectivity index (χ2n) is 4.89. The van der Waals surface area contributed by atoms with E-state index < -0.39 is 0 Å². The van der Waals surface area contributed by atoms with Crippen molar-refractivity contribution in [2.75, 3.05) is 11.9 Å². The maximum absolute atomic E-state index is 11.5. The van der Waals surface area contributed by atoms with Crippen LogP contribution in [-0.4, -0.2) is 36.8 Å². The Balaban J connectivity index is 2.38. The molecule has 7 heteroatoms. The second kappa shape index (κ2) is 4.41. The Morgan fingerprint density at radius 2 is 2.28 bits per heavy atom. The Kier molecular flexibility index (Phi) is 3.08. The first-order chi connectivity index (χ1) is 8.43. The predicted molar refractivity (Wildman–Crippen MR) is 67.7 cm³/mol. The van der Waals surface area contributed by atoms with Crippen LogP contribution in [0.2, 0.25) is 0 Å². The number of nitrogens with one attached hydrogen (secondary N) is 2. The number of aliphatic hydroxyl groups excluding tert-OH is 1. The fourth-order valence-electron chi connectivity index (χ4n) is 1.85. The van der Waals surface area contributed by atoms with Crippen LogP contribution in [-0.2, 0) is 0 Å². The molecule has 3 N–H and O–H groups in total. The van der Waals surface area contributed by atoms with Gasteiger partial charge in [-0.15, -0.1) is 0 Å². The summed E-state index contributed by atoms with van der Waals surface area (Å²) in [6, 6.07) is 1.70. The second-order valence-corrected chi connectivity index (χ2v) is 4.89. The Bertz CT molecular complexity index is 613. The molecule has 0 saturated carbocycles. The molecule has 0 spiro atoms. The summed E-state index contributed by atoms with van der Waals surface area (Å²) in [5.74, 6) is 1.20. The lowest BCUT2D eigenvalue weighted by Crippen LogP contribution is -2.32. The molecule has 0 saturated heterocycles. The third kappa shape index (κ3) is 2.35. The summed E-state index contributed by atoms with van der Waals surface area (Å²) in [7, 11) is 0. The zero-order valence-electron chi connectivity index (χ0n) is 10.7. The molecule has 0 atom stereocenters. The maximum atomic E-state index is 11.5. The maximum Gasteiger partial charge on any atom is 0.349 e. The summed E-state index contributed by atoms with van der Waals surface area (Å²) < 4.78 is 1.41. The molecule has 0 aromatic carbocycles. The lowest BCUT2D eigenvalue weighted by molar-refractivity contribution is 0.260. The fraction of sp³-hybridized carbons (Fsp3) is 0.545. The largest absolute Gasteiger partial charge is 0.396 e. The van der Waals surface area contributed by atoms with Gasteiger partial charge in [-0.2, -0.15) is 5.10 Å². The lowest BCUT2D eigenvalue weighted by atomic mass is 10.0. The van der Waals surface area contributed by atoms with Crippen molar-refractivity contribution in [1.29, 1.82) is 0 Å². The van der Waals surface area contributed by atoms with Gasteiger partial charge in [-0.25, -0.2) is 19.3 Å². The molecular formula is C11H17N5O2. The molecule has 2 aromatic heterocycles. The van der Waals surface area contributed by atoms with E-state index in [0.717, 1.165) is 0 Å². The number of fused-ring (bicyclic) bond motifs is 1. The zero-order valence-corrected chi connectivity index (χ0v) is 10.7. The van der Waals surface area contributed by atoms with Crippen LogP contribution in [0.5, 0.6) is 0 Å². The van der Waals surface area contributed by atoms with Crippen LogP contribution < -0.4 is 11.0 Å². The van der Waals surface area contributed by atoms with Gasteiger partial charge in [-0.1, -0.05) is 0 Å². The number of aryl methyl sites for hydroxylation is 1. The molecule has 2 rings (SSSR count). The van der Waals surface area contributed by atoms with Crippen LogP contribution in [0.3, 0.4) is 0 Å². The number of aromatic amines is 1. The average molecular weight is 251 g/mol. The van der Waals surface area contributed by atoms with Gasteiger partial charge in [-0.3, -0.25) is 0 Å². The molecule has 18 heavy (non-hydrogen) atoms. The van der Waals surface area contributed by atoms with Crippen LogP contribution in [0.1, 0.15) is 26.1 Å². The van der Waals surface area contributed by atoms with Gasteiger partial charge in [0.2, 0.25) is 0 Å². The summed E-state index contributed by atoms with van der Waals surface area (Å²) in [6.07, 6.45) is 0.603. The van der Waals surface area contributed by atoms with Crippen molar-refractivity contribution in [3.05, 3.63) is 22.4 Å². The molecule has 0 radical (unpaired) electrons. The molecule has 0 unspecified atom stereocenters. The van der Waals surface area contributed by atoms with Gasteiger partial charge in [-0.05, 0) is 27.2 Å². The first kappa shape index (κ1) is 12.6. The Morgan fingerprint density at radius 1 is 1.56 bits per heavy atom. The molecule has 98 valence electrons. The van der Waals surface area contributed by atoms with Crippen LogP contribution in [0.15, 0.2) is 10.9 Å². The Labute approximate surface area is 104 Å². The normalized spacial score (nSPS) is 12.0. The standard InChI is InChI=1S/C11H17N5O2/c1-7-12-8(13-11(2,3)4-5-17)6-9-14-15-10(18)16(7)9/h6,13,17H,4-5H2,1-3H3,(H,15,18). The van der Waals surface area contributed by atoms with Crippen LogP contribution >= 0.6 is 0 Å². The van der Waals surface area contributed by atoms with Crippen LogP contribution in [0.4, 0.5) is 5.82 Å². The molecule has 0 aliphatic heterocycles. The van der Waals surface area contributed by atoms with Crippen molar-refractivity contribution in [3.63, 3.8) is 0 Å². The van der Waals surface area contributed by atoms with Gasteiger partial charge in [0.1, 0.15) is 11.6 Å². The van der Waals surface area contributed by atoms with Gasteiger partial charge >= 0.3 is 5.69 Å². The summed E-state index contributed by atoms with van der Waals surface area (Å²) in [4.78, 5) is 15.8. The number of aromatic nitrogens is 4. The average Bonchev–Trinajstić information content (AvgIpc) is 2.59. The Morgan fingerprint density at radius 3 is 2.94 bits per heavy atom. The SMILES string of the molecule is Cc1nc(NC(C)(C)CCO)cc2n[nH]c(=O)n12. The summed E-state index contributed by atoms with van der Waals surface area (Å²) in [5.41, 5.74) is -0.0469. The minimum atomic E-state index is -0.295. The monoisotopic (exact) mass is 251 g/mol. The molecule has 0 aliphatic rings. The molecule has 2 aromatic rings. The van der Waals surface area contributed by atoms with Crippen LogP contribution in [0.25, 0.3) is 5.65 Å². The number of nitrogens with zero attached hydrogens (tertiary/aromatic N) is 3. The van der Waals surface area contributed by atoms with E-state index in [1.807, 2.05) is 13.8 Å². The zero-order chi connectivity index (χ0) is 13.3. The predicted octanol–water partition coefficient (Wildman–Crippen LogP) is 0.299. The first-order valence-electron chi connectivity index (χ1n) is 5.77. The smallest absolute Gasteiger partial charge is 0.349 e. The van der Waals surface area contributed by atoms with E-state index in [1.165, 1.54) is 4.40 Å². The topological polar surface area (TPSA) is 95.3 Å². The molecule has 0 bridgehead atoms. The summed E-state index contributed by atoms with van der Waals surface area (Å²) in [5, 5.41) is 18.5. The van der Waals surface area contributed by atoms with Crippen molar-refractivity contribution < 1.29 is 5.11 Å². The van der Waals surface area contributed by atoms with E-state index in [2.05, 4.69) is 20.5 Å². The molecular weight excluding hydrogens is 234 g/mol.